The van der Waals surface area contributed by atoms with Crippen molar-refractivity contribution in [3.8, 4) is 0 Å². The lowest BCUT2D eigenvalue weighted by Crippen LogP contribution is -2.10. The second-order valence-corrected chi connectivity index (χ2v) is 6.78. The third-order valence-corrected chi connectivity index (χ3v) is 4.85. The van der Waals surface area contributed by atoms with Crippen molar-refractivity contribution >= 4 is 11.9 Å². The maximum atomic E-state index is 13.0. The van der Waals surface area contributed by atoms with Crippen LogP contribution in [0.5, 0.6) is 0 Å². The van der Waals surface area contributed by atoms with Crippen molar-refractivity contribution in [3.63, 3.8) is 0 Å². The van der Waals surface area contributed by atoms with Crippen molar-refractivity contribution < 1.29 is 8.78 Å². The zero-order valence-corrected chi connectivity index (χ0v) is 12.5. The van der Waals surface area contributed by atoms with Crippen LogP contribution in [0.25, 0.3) is 0 Å². The van der Waals surface area contributed by atoms with Gasteiger partial charge in [-0.1, -0.05) is 26.0 Å². The molecule has 0 radical (unpaired) electrons. The Labute approximate surface area is 124 Å². The molecule has 0 saturated heterocycles. The van der Waals surface area contributed by atoms with E-state index < -0.39 is 11.8 Å². The Balaban J connectivity index is 1.70. The van der Waals surface area contributed by atoms with Gasteiger partial charge in [0.15, 0.2) is 0 Å². The van der Waals surface area contributed by atoms with Gasteiger partial charge in [0.25, 0.3) is 5.92 Å². The third kappa shape index (κ3) is 2.94. The first-order chi connectivity index (χ1) is 9.92. The van der Waals surface area contributed by atoms with Gasteiger partial charge in [0.05, 0.1) is 0 Å². The summed E-state index contributed by atoms with van der Waals surface area (Å²) in [6, 6.07) is 6.05. The highest BCUT2D eigenvalue weighted by Crippen LogP contribution is 2.52. The predicted octanol–water partition coefficient (Wildman–Crippen LogP) is 4.51. The number of benzene rings is 1. The lowest BCUT2D eigenvalue weighted by atomic mass is 10.0. The quantitative estimate of drug-likeness (QED) is 0.743. The fourth-order valence-electron chi connectivity index (χ4n) is 3.14. The van der Waals surface area contributed by atoms with E-state index in [2.05, 4.69) is 25.2 Å². The number of hydrogen-bond acceptors (Lipinski definition) is 2. The fraction of sp³-hybridized carbons (Fsp3) is 0.588. The lowest BCUT2D eigenvalue weighted by Gasteiger charge is -2.12. The average Bonchev–Trinajstić information content (AvgIpc) is 3.32. The molecule has 4 heteroatoms. The summed E-state index contributed by atoms with van der Waals surface area (Å²) in [7, 11) is 0. The highest BCUT2D eigenvalue weighted by atomic mass is 19.3. The summed E-state index contributed by atoms with van der Waals surface area (Å²) >= 11 is 0. The molecule has 0 aliphatic heterocycles. The molecule has 21 heavy (non-hydrogen) atoms. The first-order valence-electron chi connectivity index (χ1n) is 7.68. The van der Waals surface area contributed by atoms with Gasteiger partial charge in [0, 0.05) is 36.3 Å². The third-order valence-electron chi connectivity index (χ3n) is 4.85. The van der Waals surface area contributed by atoms with Crippen molar-refractivity contribution in [3.05, 3.63) is 29.3 Å². The molecule has 0 bridgehead atoms. The lowest BCUT2D eigenvalue weighted by molar-refractivity contribution is 0.101. The molecule has 114 valence electrons. The van der Waals surface area contributed by atoms with Gasteiger partial charge >= 0.3 is 0 Å². The minimum Gasteiger partial charge on any atom is -0.384 e. The molecule has 3 atom stereocenters. The normalized spacial score (nSPS) is 29.3. The van der Waals surface area contributed by atoms with Gasteiger partial charge in [0.1, 0.15) is 0 Å². The molecule has 1 aromatic carbocycles. The summed E-state index contributed by atoms with van der Waals surface area (Å²) in [5.41, 5.74) is 2.86. The van der Waals surface area contributed by atoms with Crippen LogP contribution in [0, 0.1) is 23.2 Å². The maximum absolute atomic E-state index is 13.0. The van der Waals surface area contributed by atoms with Gasteiger partial charge in [0.2, 0.25) is 0 Å². The predicted molar refractivity (Wildman–Crippen MR) is 81.6 cm³/mol. The van der Waals surface area contributed by atoms with Crippen molar-refractivity contribution in [1.82, 2.24) is 0 Å². The van der Waals surface area contributed by atoms with E-state index in [1.807, 2.05) is 12.1 Å². The highest BCUT2D eigenvalue weighted by molar-refractivity contribution is 5.86. The standard InChI is InChI=1S/C17H22F2N2/c1-10(2)14-6-15(14)11-3-4-12(8-20)16(5-11)21-9-13-7-17(13,18)19/h3-5,8,10,13-15,20-21H,6-7,9H2,1-2H3/t13?,14-,15-/m1/s1. The molecule has 0 aromatic heterocycles. The van der Waals surface area contributed by atoms with Gasteiger partial charge < -0.3 is 10.7 Å². The van der Waals surface area contributed by atoms with E-state index in [9.17, 15) is 8.78 Å². The molecular weight excluding hydrogens is 270 g/mol. The van der Waals surface area contributed by atoms with E-state index in [1.165, 1.54) is 18.2 Å². The van der Waals surface area contributed by atoms with Crippen LogP contribution in [0.4, 0.5) is 14.5 Å². The van der Waals surface area contributed by atoms with Gasteiger partial charge in [-0.05, 0) is 35.8 Å². The molecule has 3 rings (SSSR count). The summed E-state index contributed by atoms with van der Waals surface area (Å²) in [5, 5.41) is 10.6. The first-order valence-corrected chi connectivity index (χ1v) is 7.68. The fourth-order valence-corrected chi connectivity index (χ4v) is 3.14. The SMILES string of the molecule is CC(C)[C@H]1C[C@@H]1c1ccc(C=N)c(NCC2CC2(F)F)c1. The van der Waals surface area contributed by atoms with Crippen molar-refractivity contribution in [2.24, 2.45) is 17.8 Å². The molecule has 2 nitrogen and oxygen atoms in total. The van der Waals surface area contributed by atoms with E-state index >= 15 is 0 Å². The van der Waals surface area contributed by atoms with Gasteiger partial charge in [-0.25, -0.2) is 8.78 Å². The van der Waals surface area contributed by atoms with E-state index in [0.717, 1.165) is 17.2 Å². The van der Waals surface area contributed by atoms with E-state index in [1.54, 1.807) is 0 Å². The number of halogens is 2. The maximum Gasteiger partial charge on any atom is 0.253 e. The number of nitrogens with one attached hydrogen (secondary N) is 2. The van der Waals surface area contributed by atoms with Crippen LogP contribution < -0.4 is 5.32 Å². The number of anilines is 1. The number of rotatable bonds is 6. The van der Waals surface area contributed by atoms with E-state index in [4.69, 9.17) is 5.41 Å². The molecule has 0 heterocycles. The van der Waals surface area contributed by atoms with E-state index in [-0.39, 0.29) is 13.0 Å². The Hall–Kier alpha value is -1.45. The molecule has 1 aromatic rings. The van der Waals surface area contributed by atoms with Gasteiger partial charge in [-0.2, -0.15) is 0 Å². The largest absolute Gasteiger partial charge is 0.384 e. The number of hydrogen-bond donors (Lipinski definition) is 2. The topological polar surface area (TPSA) is 35.9 Å². The number of alkyl halides is 2. The van der Waals surface area contributed by atoms with Gasteiger partial charge in [-0.15, -0.1) is 0 Å². The van der Waals surface area contributed by atoms with Crippen molar-refractivity contribution in [1.29, 1.82) is 5.41 Å². The smallest absolute Gasteiger partial charge is 0.253 e. The molecule has 1 unspecified atom stereocenters. The Kier molecular flexibility index (Phi) is 3.50. The zero-order valence-electron chi connectivity index (χ0n) is 12.5. The summed E-state index contributed by atoms with van der Waals surface area (Å²) in [5.74, 6) is -1.04. The molecule has 2 aliphatic carbocycles. The zero-order chi connectivity index (χ0) is 15.2. The minimum absolute atomic E-state index is 0.0162. The van der Waals surface area contributed by atoms with Gasteiger partial charge in [-0.3, -0.25) is 0 Å². The van der Waals surface area contributed by atoms with Crippen LogP contribution in [0.2, 0.25) is 0 Å². The summed E-state index contributed by atoms with van der Waals surface area (Å²) < 4.78 is 25.9. The molecule has 0 spiro atoms. The molecule has 2 aliphatic rings. The van der Waals surface area contributed by atoms with Crippen LogP contribution >= 0.6 is 0 Å². The summed E-state index contributed by atoms with van der Waals surface area (Å²) in [6.45, 7) is 4.77. The highest BCUT2D eigenvalue weighted by Gasteiger charge is 2.56. The van der Waals surface area contributed by atoms with Crippen LogP contribution in [0.3, 0.4) is 0 Å². The van der Waals surface area contributed by atoms with E-state index in [0.29, 0.717) is 11.8 Å². The van der Waals surface area contributed by atoms with Crippen LogP contribution in [-0.2, 0) is 0 Å². The van der Waals surface area contributed by atoms with Crippen LogP contribution in [0.1, 0.15) is 43.7 Å². The Morgan fingerprint density at radius 1 is 1.43 bits per heavy atom. The minimum atomic E-state index is -2.49. The summed E-state index contributed by atoms with van der Waals surface area (Å²) in [4.78, 5) is 0. The molecule has 2 fully saturated rings. The molecule has 2 N–H and O–H groups in total. The van der Waals surface area contributed by atoms with Crippen LogP contribution in [-0.4, -0.2) is 18.7 Å². The molecule has 2 saturated carbocycles. The first kappa shape index (κ1) is 14.5. The Morgan fingerprint density at radius 3 is 2.67 bits per heavy atom. The molecule has 0 amide bonds. The van der Waals surface area contributed by atoms with Crippen molar-refractivity contribution in [2.75, 3.05) is 11.9 Å². The van der Waals surface area contributed by atoms with Crippen LogP contribution in [0.15, 0.2) is 18.2 Å². The monoisotopic (exact) mass is 292 g/mol. The second kappa shape index (κ2) is 5.08. The summed E-state index contributed by atoms with van der Waals surface area (Å²) in [6.07, 6.45) is 2.48. The average molecular weight is 292 g/mol. The second-order valence-electron chi connectivity index (χ2n) is 6.78. The Bertz CT molecular complexity index is 554. The molecular formula is C17H22F2N2. The Morgan fingerprint density at radius 2 is 2.14 bits per heavy atom. The van der Waals surface area contributed by atoms with Crippen molar-refractivity contribution in [2.45, 2.75) is 38.5 Å².